The third-order valence-electron chi connectivity index (χ3n) is 5.83. The van der Waals surface area contributed by atoms with Crippen LogP contribution in [-0.4, -0.2) is 37.2 Å². The first-order valence-corrected chi connectivity index (χ1v) is 13.2. The molecule has 0 aliphatic carbocycles. The summed E-state index contributed by atoms with van der Waals surface area (Å²) in [5.41, 5.74) is 2.56. The Balaban J connectivity index is 1.15. The normalized spacial score (nSPS) is 11.7. The van der Waals surface area contributed by atoms with E-state index in [0.29, 0.717) is 22.8 Å². The summed E-state index contributed by atoms with van der Waals surface area (Å²) in [6.07, 6.45) is 4.15. The summed E-state index contributed by atoms with van der Waals surface area (Å²) in [5.74, 6) is -0.212. The number of aliphatic hydroxyl groups excluding tert-OH is 1. The van der Waals surface area contributed by atoms with E-state index in [1.165, 1.54) is 16.9 Å². The average molecular weight is 516 g/mol. The molecule has 1 atom stereocenters. The van der Waals surface area contributed by atoms with Gasteiger partial charge in [0.1, 0.15) is 5.01 Å². The molecule has 9 heteroatoms. The third kappa shape index (κ3) is 8.09. The summed E-state index contributed by atoms with van der Waals surface area (Å²) < 4.78 is 0. The molecule has 0 aliphatic rings. The Morgan fingerprint density at radius 1 is 0.784 bits per heavy atom. The molecule has 0 fully saturated rings. The van der Waals surface area contributed by atoms with Gasteiger partial charge in [-0.15, -0.1) is 15.3 Å². The van der Waals surface area contributed by atoms with E-state index in [9.17, 15) is 14.7 Å². The lowest BCUT2D eigenvalue weighted by Gasteiger charge is -2.11. The van der Waals surface area contributed by atoms with E-state index in [1.807, 2.05) is 30.3 Å². The van der Waals surface area contributed by atoms with Gasteiger partial charge in [-0.3, -0.25) is 9.59 Å². The van der Waals surface area contributed by atoms with Gasteiger partial charge in [-0.2, -0.15) is 5.10 Å². The molecular weight excluding hydrogens is 486 g/mol. The number of nitrogens with one attached hydrogen (secondary N) is 1. The van der Waals surface area contributed by atoms with Crippen molar-refractivity contribution >= 4 is 28.8 Å². The number of hydrogen-bond donors (Lipinski definition) is 2. The maximum atomic E-state index is 12.4. The number of benzene rings is 2. The largest absolute Gasteiger partial charge is 0.378 e. The van der Waals surface area contributed by atoms with Gasteiger partial charge in [-0.25, -0.2) is 0 Å². The van der Waals surface area contributed by atoms with Gasteiger partial charge in [0.25, 0.3) is 5.91 Å². The summed E-state index contributed by atoms with van der Waals surface area (Å²) in [6.45, 7) is 0. The van der Waals surface area contributed by atoms with Gasteiger partial charge in [0.05, 0.1) is 5.69 Å². The zero-order chi connectivity index (χ0) is 25.9. The van der Waals surface area contributed by atoms with Crippen LogP contribution in [0.5, 0.6) is 0 Å². The molecule has 190 valence electrons. The molecular formula is C28H29N5O3S. The van der Waals surface area contributed by atoms with Crippen molar-refractivity contribution in [3.63, 3.8) is 0 Å². The van der Waals surface area contributed by atoms with Crippen molar-refractivity contribution in [3.05, 3.63) is 99.6 Å². The Hall–Kier alpha value is -3.82. The predicted octanol–water partition coefficient (Wildman–Crippen LogP) is 4.77. The van der Waals surface area contributed by atoms with Crippen LogP contribution in [0.2, 0.25) is 0 Å². The van der Waals surface area contributed by atoms with Gasteiger partial charge in [-0.1, -0.05) is 72.0 Å². The zero-order valence-electron chi connectivity index (χ0n) is 20.4. The molecule has 0 saturated carbocycles. The van der Waals surface area contributed by atoms with E-state index < -0.39 is 12.0 Å². The molecule has 0 saturated heterocycles. The van der Waals surface area contributed by atoms with E-state index in [4.69, 9.17) is 0 Å². The first-order chi connectivity index (χ1) is 18.1. The van der Waals surface area contributed by atoms with Gasteiger partial charge in [0.2, 0.25) is 0 Å². The maximum Gasteiger partial charge on any atom is 0.259 e. The van der Waals surface area contributed by atoms with Crippen molar-refractivity contribution in [2.75, 3.05) is 5.32 Å². The standard InChI is InChI=1S/C28H29N5O3S/c34-23(16-9-12-20-10-3-1-4-11-20)28-33-32-25(37-28)17-8-7-15-22-18-19-24(31-30-22)29-27(36)26(35)21-13-5-2-6-14-21/h1-6,10-11,13-14,18-19,26,35H,7-9,12,15-17H2,(H,29,31,36)/t26-/m0/s1. The molecule has 2 heterocycles. The molecule has 8 nitrogen and oxygen atoms in total. The van der Waals surface area contributed by atoms with E-state index in [1.54, 1.807) is 30.3 Å². The van der Waals surface area contributed by atoms with E-state index in [-0.39, 0.29) is 5.78 Å². The number of nitrogens with zero attached hydrogens (tertiary/aromatic N) is 4. The molecule has 2 aromatic carbocycles. The van der Waals surface area contributed by atoms with Gasteiger partial charge in [-0.05, 0) is 55.4 Å². The lowest BCUT2D eigenvalue weighted by Crippen LogP contribution is -2.21. The molecule has 1 amide bonds. The minimum atomic E-state index is -1.27. The topological polar surface area (TPSA) is 118 Å². The number of carbonyl (C=O) groups is 2. The number of amides is 1. The summed E-state index contributed by atoms with van der Waals surface area (Å²) in [7, 11) is 0. The van der Waals surface area contributed by atoms with Crippen molar-refractivity contribution < 1.29 is 14.7 Å². The number of anilines is 1. The van der Waals surface area contributed by atoms with Crippen LogP contribution in [0, 0.1) is 0 Å². The van der Waals surface area contributed by atoms with Crippen LogP contribution in [0.25, 0.3) is 0 Å². The Labute approximate surface area is 219 Å². The number of Topliss-reactive ketones (excluding diaryl/α,β-unsaturated/α-hetero) is 1. The van der Waals surface area contributed by atoms with Crippen LogP contribution < -0.4 is 5.32 Å². The molecule has 0 unspecified atom stereocenters. The van der Waals surface area contributed by atoms with Gasteiger partial charge >= 0.3 is 0 Å². The van der Waals surface area contributed by atoms with Gasteiger partial charge in [0, 0.05) is 12.8 Å². The molecule has 4 rings (SSSR count). The van der Waals surface area contributed by atoms with Crippen molar-refractivity contribution in [2.45, 2.75) is 51.0 Å². The fourth-order valence-corrected chi connectivity index (χ4v) is 4.64. The number of aromatic nitrogens is 4. The van der Waals surface area contributed by atoms with E-state index in [2.05, 4.69) is 37.8 Å². The quantitative estimate of drug-likeness (QED) is 0.194. The molecule has 0 bridgehead atoms. The Morgan fingerprint density at radius 3 is 2.24 bits per heavy atom. The molecule has 0 aliphatic heterocycles. The number of aryl methyl sites for hydroxylation is 3. The van der Waals surface area contributed by atoms with Crippen molar-refractivity contribution in [1.29, 1.82) is 0 Å². The number of aliphatic hydroxyl groups is 1. The fraction of sp³-hybridized carbons (Fsp3) is 0.286. The second kappa shape index (κ2) is 13.5. The highest BCUT2D eigenvalue weighted by molar-refractivity contribution is 7.13. The smallest absolute Gasteiger partial charge is 0.259 e. The highest BCUT2D eigenvalue weighted by Gasteiger charge is 2.17. The third-order valence-corrected chi connectivity index (χ3v) is 6.85. The first kappa shape index (κ1) is 26.2. The molecule has 4 aromatic rings. The number of carbonyl (C=O) groups excluding carboxylic acids is 2. The summed E-state index contributed by atoms with van der Waals surface area (Å²) in [5, 5.41) is 30.6. The first-order valence-electron chi connectivity index (χ1n) is 12.3. The van der Waals surface area contributed by atoms with Crippen LogP contribution in [0.4, 0.5) is 5.82 Å². The minimum absolute atomic E-state index is 0.0541. The number of unbranched alkanes of at least 4 members (excludes halogenated alkanes) is 1. The summed E-state index contributed by atoms with van der Waals surface area (Å²) in [6, 6.07) is 22.4. The Kier molecular flexibility index (Phi) is 9.56. The minimum Gasteiger partial charge on any atom is -0.378 e. The summed E-state index contributed by atoms with van der Waals surface area (Å²) in [4.78, 5) is 24.7. The Bertz CT molecular complexity index is 1280. The van der Waals surface area contributed by atoms with Crippen LogP contribution in [-0.2, 0) is 24.1 Å². The van der Waals surface area contributed by atoms with Crippen molar-refractivity contribution in [1.82, 2.24) is 20.4 Å². The predicted molar refractivity (Wildman–Crippen MR) is 142 cm³/mol. The van der Waals surface area contributed by atoms with Crippen LogP contribution in [0.15, 0.2) is 72.8 Å². The average Bonchev–Trinajstić information content (AvgIpc) is 3.42. The number of hydrogen-bond acceptors (Lipinski definition) is 8. The molecule has 2 N–H and O–H groups in total. The highest BCUT2D eigenvalue weighted by Crippen LogP contribution is 2.17. The lowest BCUT2D eigenvalue weighted by molar-refractivity contribution is -0.124. The monoisotopic (exact) mass is 515 g/mol. The SMILES string of the molecule is O=C(CCCc1ccccc1)c1nnc(CCCCc2ccc(NC(=O)[C@@H](O)c3ccccc3)nn2)s1. The maximum absolute atomic E-state index is 12.4. The van der Waals surface area contributed by atoms with Gasteiger partial charge in [0.15, 0.2) is 22.7 Å². The van der Waals surface area contributed by atoms with E-state index in [0.717, 1.165) is 49.2 Å². The van der Waals surface area contributed by atoms with Crippen molar-refractivity contribution in [3.8, 4) is 0 Å². The molecule has 0 radical (unpaired) electrons. The lowest BCUT2D eigenvalue weighted by atomic mass is 10.1. The van der Waals surface area contributed by atoms with Crippen molar-refractivity contribution in [2.24, 2.45) is 0 Å². The highest BCUT2D eigenvalue weighted by atomic mass is 32.1. The fourth-order valence-electron chi connectivity index (χ4n) is 3.80. The zero-order valence-corrected chi connectivity index (χ0v) is 21.2. The number of ketones is 1. The van der Waals surface area contributed by atoms with Crippen LogP contribution in [0.3, 0.4) is 0 Å². The Morgan fingerprint density at radius 2 is 1.51 bits per heavy atom. The van der Waals surface area contributed by atoms with Gasteiger partial charge < -0.3 is 10.4 Å². The van der Waals surface area contributed by atoms with E-state index >= 15 is 0 Å². The molecule has 0 spiro atoms. The number of rotatable bonds is 13. The molecule has 37 heavy (non-hydrogen) atoms. The van der Waals surface area contributed by atoms with Crippen LogP contribution >= 0.6 is 11.3 Å². The van der Waals surface area contributed by atoms with Crippen LogP contribution in [0.1, 0.15) is 63.4 Å². The summed E-state index contributed by atoms with van der Waals surface area (Å²) >= 11 is 1.38. The second-order valence-corrected chi connectivity index (χ2v) is 9.74. The second-order valence-electron chi connectivity index (χ2n) is 8.68. The molecule has 2 aromatic heterocycles.